The van der Waals surface area contributed by atoms with Crippen LogP contribution in [-0.2, 0) is 0 Å². The Labute approximate surface area is 125 Å². The molecule has 0 spiro atoms. The second-order valence-electron chi connectivity index (χ2n) is 6.21. The van der Waals surface area contributed by atoms with E-state index in [1.807, 2.05) is 6.08 Å². The third kappa shape index (κ3) is 3.45. The van der Waals surface area contributed by atoms with E-state index in [0.29, 0.717) is 11.5 Å². The molecule has 0 aliphatic heterocycles. The smallest absolute Gasteiger partial charge is 0.201 e. The van der Waals surface area contributed by atoms with E-state index in [0.717, 1.165) is 38.5 Å². The number of halogens is 2. The summed E-state index contributed by atoms with van der Waals surface area (Å²) in [5.74, 6) is -1.07. The van der Waals surface area contributed by atoms with Crippen molar-refractivity contribution in [3.8, 4) is 5.75 Å². The van der Waals surface area contributed by atoms with Crippen LogP contribution < -0.4 is 4.74 Å². The maximum Gasteiger partial charge on any atom is 0.201 e. The lowest BCUT2D eigenvalue weighted by Gasteiger charge is -2.14. The van der Waals surface area contributed by atoms with Crippen molar-refractivity contribution in [2.45, 2.75) is 57.5 Å². The van der Waals surface area contributed by atoms with Gasteiger partial charge in [0.25, 0.3) is 0 Å². The summed E-state index contributed by atoms with van der Waals surface area (Å²) in [4.78, 5) is 0. The highest BCUT2D eigenvalue weighted by Crippen LogP contribution is 2.30. The Hall–Kier alpha value is -1.38. The van der Waals surface area contributed by atoms with Gasteiger partial charge >= 0.3 is 0 Å². The van der Waals surface area contributed by atoms with Gasteiger partial charge in [0.2, 0.25) is 5.82 Å². The summed E-state index contributed by atoms with van der Waals surface area (Å²) in [6.07, 6.45) is 12.6. The van der Waals surface area contributed by atoms with Gasteiger partial charge in [0.1, 0.15) is 0 Å². The Kier molecular flexibility index (Phi) is 4.57. The Bertz CT molecular complexity index is 512. The van der Waals surface area contributed by atoms with Crippen LogP contribution in [0.25, 0.3) is 6.08 Å². The van der Waals surface area contributed by atoms with Gasteiger partial charge in [-0.2, -0.15) is 4.39 Å². The number of hydrogen-bond acceptors (Lipinski definition) is 1. The topological polar surface area (TPSA) is 9.23 Å². The van der Waals surface area contributed by atoms with Crippen LogP contribution in [0.3, 0.4) is 0 Å². The molecular formula is C18H22F2O. The summed E-state index contributed by atoms with van der Waals surface area (Å²) in [5.41, 5.74) is 0.318. The molecule has 0 unspecified atom stereocenters. The first-order valence-corrected chi connectivity index (χ1v) is 8.07. The first-order valence-electron chi connectivity index (χ1n) is 8.07. The normalized spacial score (nSPS) is 20.7. The fourth-order valence-corrected chi connectivity index (χ4v) is 3.34. The molecule has 1 aromatic rings. The van der Waals surface area contributed by atoms with Crippen LogP contribution >= 0.6 is 0 Å². The molecule has 21 heavy (non-hydrogen) atoms. The minimum Gasteiger partial charge on any atom is -0.487 e. The van der Waals surface area contributed by atoms with Crippen LogP contribution in [0, 0.1) is 17.6 Å². The molecule has 1 aromatic carbocycles. The minimum atomic E-state index is -0.851. The molecule has 0 saturated heterocycles. The summed E-state index contributed by atoms with van der Waals surface area (Å²) >= 11 is 0. The van der Waals surface area contributed by atoms with Crippen molar-refractivity contribution in [1.29, 1.82) is 0 Å². The van der Waals surface area contributed by atoms with Gasteiger partial charge in [-0.25, -0.2) is 4.39 Å². The molecule has 0 N–H and O–H groups in total. The molecule has 2 saturated carbocycles. The van der Waals surface area contributed by atoms with Crippen molar-refractivity contribution in [3.63, 3.8) is 0 Å². The number of benzene rings is 1. The van der Waals surface area contributed by atoms with Gasteiger partial charge < -0.3 is 4.74 Å². The monoisotopic (exact) mass is 292 g/mol. The summed E-state index contributed by atoms with van der Waals surface area (Å²) in [5, 5.41) is 0. The number of allylic oxidation sites excluding steroid dienone is 1. The van der Waals surface area contributed by atoms with E-state index >= 15 is 0 Å². The third-order valence-corrected chi connectivity index (χ3v) is 4.62. The van der Waals surface area contributed by atoms with Gasteiger partial charge in [-0.15, -0.1) is 0 Å². The largest absolute Gasteiger partial charge is 0.487 e. The highest BCUT2D eigenvalue weighted by atomic mass is 19.2. The van der Waals surface area contributed by atoms with Crippen LogP contribution in [-0.4, -0.2) is 6.10 Å². The quantitative estimate of drug-likeness (QED) is 0.713. The fraction of sp³-hybridized carbons (Fsp3) is 0.556. The Morgan fingerprint density at radius 2 is 1.57 bits per heavy atom. The molecule has 0 amide bonds. The van der Waals surface area contributed by atoms with Crippen LogP contribution in [0.2, 0.25) is 0 Å². The Morgan fingerprint density at radius 1 is 0.905 bits per heavy atom. The highest BCUT2D eigenvalue weighted by Gasteiger charge is 2.20. The first kappa shape index (κ1) is 14.6. The first-order chi connectivity index (χ1) is 10.2. The molecule has 0 aromatic heterocycles. The highest BCUT2D eigenvalue weighted by molar-refractivity contribution is 5.52. The molecular weight excluding hydrogens is 270 g/mol. The SMILES string of the molecule is Fc1c(/C=C/C2CCCC2)ccc(OC2CCCC2)c1F. The van der Waals surface area contributed by atoms with Crippen molar-refractivity contribution in [2.24, 2.45) is 5.92 Å². The van der Waals surface area contributed by atoms with E-state index in [4.69, 9.17) is 4.74 Å². The molecule has 1 nitrogen and oxygen atoms in total. The Balaban J connectivity index is 1.72. The van der Waals surface area contributed by atoms with Crippen molar-refractivity contribution in [3.05, 3.63) is 35.4 Å². The van der Waals surface area contributed by atoms with Gasteiger partial charge in [-0.3, -0.25) is 0 Å². The number of rotatable bonds is 4. The molecule has 2 fully saturated rings. The van der Waals surface area contributed by atoms with Gasteiger partial charge in [0.05, 0.1) is 6.10 Å². The predicted octanol–water partition coefficient (Wildman–Crippen LogP) is 5.49. The summed E-state index contributed by atoms with van der Waals surface area (Å²) < 4.78 is 33.8. The average Bonchev–Trinajstić information content (AvgIpc) is 3.16. The zero-order chi connectivity index (χ0) is 14.7. The van der Waals surface area contributed by atoms with E-state index in [9.17, 15) is 8.78 Å². The second-order valence-corrected chi connectivity index (χ2v) is 6.21. The third-order valence-electron chi connectivity index (χ3n) is 4.62. The Morgan fingerprint density at radius 3 is 2.29 bits per heavy atom. The van der Waals surface area contributed by atoms with Crippen molar-refractivity contribution >= 4 is 6.08 Å². The standard InChI is InChI=1S/C18H22F2O/c19-17-14(10-9-13-5-1-2-6-13)11-12-16(18(17)20)21-15-7-3-4-8-15/h9-13,15H,1-8H2/b10-9+. The van der Waals surface area contributed by atoms with E-state index in [-0.39, 0.29) is 11.9 Å². The number of hydrogen-bond donors (Lipinski definition) is 0. The fourth-order valence-electron chi connectivity index (χ4n) is 3.34. The van der Waals surface area contributed by atoms with Crippen molar-refractivity contribution in [1.82, 2.24) is 0 Å². The molecule has 0 radical (unpaired) electrons. The molecule has 3 rings (SSSR count). The molecule has 0 atom stereocenters. The van der Waals surface area contributed by atoms with Crippen LogP contribution in [0.15, 0.2) is 18.2 Å². The van der Waals surface area contributed by atoms with Crippen molar-refractivity contribution in [2.75, 3.05) is 0 Å². The molecule has 0 heterocycles. The predicted molar refractivity (Wildman–Crippen MR) is 80.2 cm³/mol. The van der Waals surface area contributed by atoms with Gasteiger partial charge in [-0.1, -0.05) is 25.0 Å². The summed E-state index contributed by atoms with van der Waals surface area (Å²) in [6, 6.07) is 3.18. The van der Waals surface area contributed by atoms with Crippen molar-refractivity contribution < 1.29 is 13.5 Å². The van der Waals surface area contributed by atoms with Gasteiger partial charge in [0.15, 0.2) is 11.6 Å². The lowest BCUT2D eigenvalue weighted by molar-refractivity contribution is 0.198. The maximum atomic E-state index is 14.1. The minimum absolute atomic E-state index is 0.0405. The zero-order valence-electron chi connectivity index (χ0n) is 12.3. The van der Waals surface area contributed by atoms with E-state index in [1.165, 1.54) is 12.8 Å². The van der Waals surface area contributed by atoms with E-state index < -0.39 is 11.6 Å². The van der Waals surface area contributed by atoms with Gasteiger partial charge in [-0.05, 0) is 56.6 Å². The molecule has 2 aliphatic carbocycles. The van der Waals surface area contributed by atoms with E-state index in [2.05, 4.69) is 0 Å². The zero-order valence-corrected chi connectivity index (χ0v) is 12.3. The lowest BCUT2D eigenvalue weighted by atomic mass is 10.1. The number of ether oxygens (including phenoxy) is 1. The van der Waals surface area contributed by atoms with Crippen LogP contribution in [0.1, 0.15) is 56.9 Å². The summed E-state index contributed by atoms with van der Waals surface area (Å²) in [7, 11) is 0. The van der Waals surface area contributed by atoms with Crippen LogP contribution in [0.4, 0.5) is 8.78 Å². The van der Waals surface area contributed by atoms with Gasteiger partial charge in [0, 0.05) is 5.56 Å². The second kappa shape index (κ2) is 6.59. The molecule has 3 heteroatoms. The summed E-state index contributed by atoms with van der Waals surface area (Å²) in [6.45, 7) is 0. The average molecular weight is 292 g/mol. The molecule has 114 valence electrons. The lowest BCUT2D eigenvalue weighted by Crippen LogP contribution is -2.12. The van der Waals surface area contributed by atoms with E-state index in [1.54, 1.807) is 18.2 Å². The molecule has 2 aliphatic rings. The molecule has 0 bridgehead atoms. The maximum absolute atomic E-state index is 14.1. The van der Waals surface area contributed by atoms with Crippen LogP contribution in [0.5, 0.6) is 5.75 Å².